The molecule has 0 atom stereocenters. The van der Waals surface area contributed by atoms with Gasteiger partial charge in [-0.1, -0.05) is 23.9 Å². The Labute approximate surface area is 131 Å². The maximum atomic E-state index is 5.76. The first kappa shape index (κ1) is 14.5. The molecule has 3 N–H and O–H groups in total. The number of aromatic amines is 1. The van der Waals surface area contributed by atoms with Gasteiger partial charge in [0.25, 0.3) is 0 Å². The molecule has 2 heterocycles. The largest absolute Gasteiger partial charge is 0.493 e. The average molecular weight is 317 g/mol. The lowest BCUT2D eigenvalue weighted by Crippen LogP contribution is -2.01. The number of hydrogen-bond acceptors (Lipinski definition) is 7. The lowest BCUT2D eigenvalue weighted by molar-refractivity contribution is 0.313. The quantitative estimate of drug-likeness (QED) is 0.530. The van der Waals surface area contributed by atoms with Crippen LogP contribution in [0.5, 0.6) is 11.5 Å². The fourth-order valence-electron chi connectivity index (χ4n) is 1.92. The first-order valence-electron chi connectivity index (χ1n) is 6.62. The maximum Gasteiger partial charge on any atom is 0.183 e. The normalized spacial score (nSPS) is 10.8. The summed E-state index contributed by atoms with van der Waals surface area (Å²) in [5.41, 5.74) is 6.99. The number of nitrogens with two attached hydrogens (primary N) is 1. The number of para-hydroxylation sites is 2. The molecule has 1 aromatic carbocycles. The van der Waals surface area contributed by atoms with E-state index in [-0.39, 0.29) is 0 Å². The fourth-order valence-corrected chi connectivity index (χ4v) is 2.61. The van der Waals surface area contributed by atoms with E-state index in [2.05, 4.69) is 19.9 Å². The molecular weight excluding hydrogens is 302 g/mol. The lowest BCUT2D eigenvalue weighted by Gasteiger charge is -2.09. The minimum Gasteiger partial charge on any atom is -0.493 e. The van der Waals surface area contributed by atoms with Gasteiger partial charge in [0, 0.05) is 5.75 Å². The number of fused-ring (bicyclic) bond motifs is 1. The summed E-state index contributed by atoms with van der Waals surface area (Å²) < 4.78 is 10.9. The zero-order valence-electron chi connectivity index (χ0n) is 11.9. The Morgan fingerprint density at radius 3 is 2.82 bits per heavy atom. The number of nitrogen functional groups attached to an aromatic ring is 1. The average Bonchev–Trinajstić information content (AvgIpc) is 2.96. The molecule has 0 radical (unpaired) electrons. The third kappa shape index (κ3) is 3.06. The molecule has 0 fully saturated rings. The van der Waals surface area contributed by atoms with Crippen LogP contribution in [0.2, 0.25) is 0 Å². The zero-order chi connectivity index (χ0) is 15.4. The van der Waals surface area contributed by atoms with Crippen LogP contribution in [0.15, 0.2) is 35.7 Å². The van der Waals surface area contributed by atoms with Gasteiger partial charge in [-0.3, -0.25) is 0 Å². The van der Waals surface area contributed by atoms with E-state index in [9.17, 15) is 0 Å². The van der Waals surface area contributed by atoms with Crippen LogP contribution in [0.1, 0.15) is 0 Å². The Morgan fingerprint density at radius 2 is 2.05 bits per heavy atom. The van der Waals surface area contributed by atoms with Crippen LogP contribution in [-0.2, 0) is 0 Å². The summed E-state index contributed by atoms with van der Waals surface area (Å²) >= 11 is 1.53. The summed E-state index contributed by atoms with van der Waals surface area (Å²) in [6.07, 6.45) is 1.40. The first-order chi connectivity index (χ1) is 10.8. The van der Waals surface area contributed by atoms with Crippen LogP contribution in [0.4, 0.5) is 5.82 Å². The predicted molar refractivity (Wildman–Crippen MR) is 85.3 cm³/mol. The maximum absolute atomic E-state index is 5.76. The standard InChI is InChI=1S/C14H15N5O2S/c1-20-9-4-2-3-5-10(9)21-6-7-22-14-18-11-12(15)16-8-17-13(11)19-14/h2-5,8H,6-7H2,1H3,(H3,15,16,17,18,19). The highest BCUT2D eigenvalue weighted by molar-refractivity contribution is 7.99. The molecular formula is C14H15N5O2S. The third-order valence-corrected chi connectivity index (χ3v) is 3.78. The molecule has 2 aromatic heterocycles. The highest BCUT2D eigenvalue weighted by Gasteiger charge is 2.08. The van der Waals surface area contributed by atoms with Crippen LogP contribution < -0.4 is 15.2 Å². The van der Waals surface area contributed by atoms with Gasteiger partial charge in [-0.05, 0) is 12.1 Å². The second-order valence-corrected chi connectivity index (χ2v) is 5.43. The number of thioether (sulfide) groups is 1. The highest BCUT2D eigenvalue weighted by atomic mass is 32.2. The first-order valence-corrected chi connectivity index (χ1v) is 7.61. The Balaban J connectivity index is 1.57. The molecule has 0 amide bonds. The van der Waals surface area contributed by atoms with Crippen molar-refractivity contribution in [1.82, 2.24) is 19.9 Å². The predicted octanol–water partition coefficient (Wildman–Crippen LogP) is 2.11. The molecule has 3 rings (SSSR count). The van der Waals surface area contributed by atoms with Gasteiger partial charge < -0.3 is 20.2 Å². The number of anilines is 1. The molecule has 8 heteroatoms. The Hall–Kier alpha value is -2.48. The van der Waals surface area contributed by atoms with Crippen molar-refractivity contribution >= 4 is 28.7 Å². The fraction of sp³-hybridized carbons (Fsp3) is 0.214. The van der Waals surface area contributed by atoms with E-state index in [1.807, 2.05) is 24.3 Å². The van der Waals surface area contributed by atoms with Crippen molar-refractivity contribution in [3.63, 3.8) is 0 Å². The SMILES string of the molecule is COc1ccccc1OCCSc1nc2ncnc(N)c2[nH]1. The number of aromatic nitrogens is 4. The molecule has 0 saturated heterocycles. The molecule has 0 aliphatic rings. The van der Waals surface area contributed by atoms with E-state index >= 15 is 0 Å². The second kappa shape index (κ2) is 6.52. The molecule has 114 valence electrons. The van der Waals surface area contributed by atoms with Gasteiger partial charge in [-0.15, -0.1) is 0 Å². The molecule has 22 heavy (non-hydrogen) atoms. The number of methoxy groups -OCH3 is 1. The third-order valence-electron chi connectivity index (χ3n) is 2.94. The number of H-pyrrole nitrogens is 1. The van der Waals surface area contributed by atoms with Crippen molar-refractivity contribution in [2.24, 2.45) is 0 Å². The van der Waals surface area contributed by atoms with E-state index in [1.54, 1.807) is 7.11 Å². The molecule has 3 aromatic rings. The second-order valence-electron chi connectivity index (χ2n) is 4.35. The summed E-state index contributed by atoms with van der Waals surface area (Å²) in [5.74, 6) is 2.57. The van der Waals surface area contributed by atoms with Gasteiger partial charge in [0.2, 0.25) is 0 Å². The van der Waals surface area contributed by atoms with Gasteiger partial charge in [0.15, 0.2) is 28.1 Å². The number of nitrogens with one attached hydrogen (secondary N) is 1. The van der Waals surface area contributed by atoms with Gasteiger partial charge in [0.1, 0.15) is 11.8 Å². The highest BCUT2D eigenvalue weighted by Crippen LogP contribution is 2.26. The summed E-state index contributed by atoms with van der Waals surface area (Å²) in [5, 5.41) is 0.742. The van der Waals surface area contributed by atoms with Gasteiger partial charge in [-0.2, -0.15) is 0 Å². The van der Waals surface area contributed by atoms with Crippen molar-refractivity contribution in [2.75, 3.05) is 25.2 Å². The van der Waals surface area contributed by atoms with E-state index in [1.165, 1.54) is 18.1 Å². The van der Waals surface area contributed by atoms with Crippen molar-refractivity contribution in [3.05, 3.63) is 30.6 Å². The Bertz CT molecular complexity index is 777. The Kier molecular flexibility index (Phi) is 4.29. The van der Waals surface area contributed by atoms with E-state index in [0.29, 0.717) is 23.6 Å². The zero-order valence-corrected chi connectivity index (χ0v) is 12.8. The van der Waals surface area contributed by atoms with Gasteiger partial charge >= 0.3 is 0 Å². The number of rotatable bonds is 6. The smallest absolute Gasteiger partial charge is 0.183 e. The summed E-state index contributed by atoms with van der Waals surface area (Å²) in [6.45, 7) is 0.531. The van der Waals surface area contributed by atoms with Crippen LogP contribution >= 0.6 is 11.8 Å². The van der Waals surface area contributed by atoms with Crippen molar-refractivity contribution in [3.8, 4) is 11.5 Å². The van der Waals surface area contributed by atoms with E-state index < -0.39 is 0 Å². The number of nitrogens with zero attached hydrogens (tertiary/aromatic N) is 3. The van der Waals surface area contributed by atoms with Crippen molar-refractivity contribution in [1.29, 1.82) is 0 Å². The summed E-state index contributed by atoms with van der Waals surface area (Å²) in [6, 6.07) is 7.55. The topological polar surface area (TPSA) is 98.9 Å². The number of hydrogen-bond donors (Lipinski definition) is 2. The molecule has 0 spiro atoms. The molecule has 0 bridgehead atoms. The van der Waals surface area contributed by atoms with Crippen LogP contribution in [-0.4, -0.2) is 39.4 Å². The minimum atomic E-state index is 0.398. The van der Waals surface area contributed by atoms with Crippen LogP contribution in [0.3, 0.4) is 0 Å². The van der Waals surface area contributed by atoms with Gasteiger partial charge in [-0.25, -0.2) is 15.0 Å². The van der Waals surface area contributed by atoms with Crippen LogP contribution in [0, 0.1) is 0 Å². The molecule has 0 unspecified atom stereocenters. The number of imidazole rings is 1. The minimum absolute atomic E-state index is 0.398. The van der Waals surface area contributed by atoms with Crippen LogP contribution in [0.25, 0.3) is 11.2 Å². The summed E-state index contributed by atoms with van der Waals surface area (Å²) in [7, 11) is 1.62. The number of ether oxygens (including phenoxy) is 2. The van der Waals surface area contributed by atoms with Crippen molar-refractivity contribution in [2.45, 2.75) is 5.16 Å². The van der Waals surface area contributed by atoms with Crippen molar-refractivity contribution < 1.29 is 9.47 Å². The van der Waals surface area contributed by atoms with Gasteiger partial charge in [0.05, 0.1) is 13.7 Å². The number of benzene rings is 1. The van der Waals surface area contributed by atoms with E-state index in [0.717, 1.165) is 22.4 Å². The molecule has 0 saturated carbocycles. The summed E-state index contributed by atoms with van der Waals surface area (Å²) in [4.78, 5) is 15.4. The monoisotopic (exact) mass is 317 g/mol. The molecule has 0 aliphatic carbocycles. The Morgan fingerprint density at radius 1 is 1.23 bits per heavy atom. The molecule has 0 aliphatic heterocycles. The van der Waals surface area contributed by atoms with E-state index in [4.69, 9.17) is 15.2 Å². The molecule has 7 nitrogen and oxygen atoms in total. The lowest BCUT2D eigenvalue weighted by atomic mass is 10.3.